The molecule has 3 nitrogen and oxygen atoms in total. The summed E-state index contributed by atoms with van der Waals surface area (Å²) in [6.45, 7) is 2.80. The van der Waals surface area contributed by atoms with Crippen LogP contribution in [0, 0.1) is 5.92 Å². The van der Waals surface area contributed by atoms with Crippen LogP contribution >= 0.6 is 12.4 Å². The van der Waals surface area contributed by atoms with Crippen LogP contribution in [-0.2, 0) is 13.1 Å². The zero-order chi connectivity index (χ0) is 14.9. The molecule has 1 aromatic rings. The van der Waals surface area contributed by atoms with Crippen molar-refractivity contribution in [3.63, 3.8) is 0 Å². The highest BCUT2D eigenvalue weighted by atomic mass is 35.5. The molecular weight excluding hydrogens is 308 g/mol. The Morgan fingerprint density at radius 3 is 2.61 bits per heavy atom. The third-order valence-electron chi connectivity index (χ3n) is 5.84. The third kappa shape index (κ3) is 3.27. The second kappa shape index (κ2) is 7.23. The summed E-state index contributed by atoms with van der Waals surface area (Å²) in [5.74, 6) is 1.01. The Morgan fingerprint density at radius 1 is 1.00 bits per heavy atom. The van der Waals surface area contributed by atoms with Gasteiger partial charge >= 0.3 is 0 Å². The fourth-order valence-corrected chi connectivity index (χ4v) is 4.65. The summed E-state index contributed by atoms with van der Waals surface area (Å²) >= 11 is 0. The number of fused-ring (bicyclic) bond motifs is 1. The number of hydrogen-bond donors (Lipinski definition) is 1. The predicted octanol–water partition coefficient (Wildman–Crippen LogP) is 3.90. The van der Waals surface area contributed by atoms with Crippen molar-refractivity contribution in [2.45, 2.75) is 64.1 Å². The first-order valence-electron chi connectivity index (χ1n) is 8.96. The Kier molecular flexibility index (Phi) is 5.27. The number of likely N-dealkylation sites (tertiary alicyclic amines) is 1. The number of nitrogens with one attached hydrogen (secondary N) is 1. The Hall–Kier alpha value is -1.06. The molecule has 1 aromatic carbocycles. The zero-order valence-electron chi connectivity index (χ0n) is 13.7. The van der Waals surface area contributed by atoms with E-state index >= 15 is 0 Å². The summed E-state index contributed by atoms with van der Waals surface area (Å²) in [4.78, 5) is 15.2. The molecule has 0 radical (unpaired) electrons. The average Bonchev–Trinajstić information content (AvgIpc) is 3.23. The molecule has 2 aliphatic heterocycles. The van der Waals surface area contributed by atoms with E-state index in [9.17, 15) is 4.79 Å². The minimum absolute atomic E-state index is 0. The molecule has 0 bridgehead atoms. The number of benzene rings is 1. The Labute approximate surface area is 145 Å². The SMILES string of the molecule is Cl.O=C(c1ccc2c(c1)CNC2)N1CCCC1C1CCCCC1. The van der Waals surface area contributed by atoms with Crippen LogP contribution in [0.25, 0.3) is 0 Å². The van der Waals surface area contributed by atoms with Crippen molar-refractivity contribution >= 4 is 18.3 Å². The lowest BCUT2D eigenvalue weighted by atomic mass is 9.83. The standard InChI is InChI=1S/C19H26N2O.ClH/c22-19(15-8-9-16-12-20-13-17(16)11-15)21-10-4-7-18(21)14-5-2-1-3-6-14;/h8-9,11,14,18,20H,1-7,10,12-13H2;1H. The van der Waals surface area contributed by atoms with Gasteiger partial charge in [0.05, 0.1) is 0 Å². The van der Waals surface area contributed by atoms with Crippen LogP contribution in [0.5, 0.6) is 0 Å². The molecule has 1 atom stereocenters. The first-order chi connectivity index (χ1) is 10.8. The molecule has 2 heterocycles. The van der Waals surface area contributed by atoms with Crippen molar-refractivity contribution in [3.05, 3.63) is 34.9 Å². The summed E-state index contributed by atoms with van der Waals surface area (Å²) < 4.78 is 0. The number of hydrogen-bond acceptors (Lipinski definition) is 2. The molecule has 0 aromatic heterocycles. The molecule has 1 saturated heterocycles. The summed E-state index contributed by atoms with van der Waals surface area (Å²) in [6, 6.07) is 6.78. The van der Waals surface area contributed by atoms with Crippen LogP contribution in [0.3, 0.4) is 0 Å². The Balaban J connectivity index is 0.00000156. The fraction of sp³-hybridized carbons (Fsp3) is 0.632. The zero-order valence-corrected chi connectivity index (χ0v) is 14.5. The number of carbonyl (C=O) groups excluding carboxylic acids is 1. The predicted molar refractivity (Wildman–Crippen MR) is 94.9 cm³/mol. The molecule has 1 aliphatic carbocycles. The van der Waals surface area contributed by atoms with E-state index in [0.717, 1.165) is 31.1 Å². The van der Waals surface area contributed by atoms with Gasteiger partial charge in [0.25, 0.3) is 5.91 Å². The molecule has 1 amide bonds. The summed E-state index contributed by atoms with van der Waals surface area (Å²) in [6.07, 6.45) is 9.13. The summed E-state index contributed by atoms with van der Waals surface area (Å²) in [5, 5.41) is 3.36. The second-order valence-corrected chi connectivity index (χ2v) is 7.19. The van der Waals surface area contributed by atoms with E-state index in [-0.39, 0.29) is 18.3 Å². The van der Waals surface area contributed by atoms with Gasteiger partial charge in [-0.2, -0.15) is 0 Å². The number of amides is 1. The van der Waals surface area contributed by atoms with Crippen LogP contribution in [-0.4, -0.2) is 23.4 Å². The van der Waals surface area contributed by atoms with Gasteiger partial charge in [0.2, 0.25) is 0 Å². The second-order valence-electron chi connectivity index (χ2n) is 7.19. The molecule has 1 N–H and O–H groups in total. The van der Waals surface area contributed by atoms with E-state index in [0.29, 0.717) is 6.04 Å². The molecule has 126 valence electrons. The summed E-state index contributed by atoms with van der Waals surface area (Å²) in [5.41, 5.74) is 3.55. The van der Waals surface area contributed by atoms with Gasteiger partial charge in [0.1, 0.15) is 0 Å². The maximum absolute atomic E-state index is 13.0. The normalized spacial score (nSPS) is 24.3. The summed E-state index contributed by atoms with van der Waals surface area (Å²) in [7, 11) is 0. The van der Waals surface area contributed by atoms with E-state index in [2.05, 4.69) is 22.3 Å². The van der Waals surface area contributed by atoms with Crippen molar-refractivity contribution < 1.29 is 4.79 Å². The van der Waals surface area contributed by atoms with Crippen molar-refractivity contribution in [2.75, 3.05) is 6.54 Å². The highest BCUT2D eigenvalue weighted by Crippen LogP contribution is 2.35. The topological polar surface area (TPSA) is 32.3 Å². The minimum atomic E-state index is 0. The molecule has 1 saturated carbocycles. The van der Waals surface area contributed by atoms with E-state index in [4.69, 9.17) is 0 Å². The Bertz CT molecular complexity index is 568. The quantitative estimate of drug-likeness (QED) is 0.889. The van der Waals surface area contributed by atoms with Gasteiger partial charge in [-0.15, -0.1) is 12.4 Å². The van der Waals surface area contributed by atoms with E-state index < -0.39 is 0 Å². The van der Waals surface area contributed by atoms with Gasteiger partial charge in [0.15, 0.2) is 0 Å². The maximum Gasteiger partial charge on any atom is 0.254 e. The highest BCUT2D eigenvalue weighted by Gasteiger charge is 2.35. The van der Waals surface area contributed by atoms with Gasteiger partial charge in [-0.25, -0.2) is 0 Å². The third-order valence-corrected chi connectivity index (χ3v) is 5.84. The number of halogens is 1. The number of nitrogens with zero attached hydrogens (tertiary/aromatic N) is 1. The van der Waals surface area contributed by atoms with Crippen LogP contribution < -0.4 is 5.32 Å². The van der Waals surface area contributed by atoms with Gasteiger partial charge in [-0.1, -0.05) is 25.3 Å². The van der Waals surface area contributed by atoms with Crippen LogP contribution in [0.4, 0.5) is 0 Å². The molecular formula is C19H27ClN2O. The monoisotopic (exact) mass is 334 g/mol. The number of carbonyl (C=O) groups is 1. The molecule has 4 rings (SSSR count). The lowest BCUT2D eigenvalue weighted by Crippen LogP contribution is -2.40. The first kappa shape index (κ1) is 16.8. The molecule has 1 unspecified atom stereocenters. The van der Waals surface area contributed by atoms with Crippen molar-refractivity contribution in [3.8, 4) is 0 Å². The molecule has 23 heavy (non-hydrogen) atoms. The van der Waals surface area contributed by atoms with E-state index in [1.54, 1.807) is 0 Å². The van der Waals surface area contributed by atoms with Gasteiger partial charge < -0.3 is 10.2 Å². The van der Waals surface area contributed by atoms with E-state index in [1.165, 1.54) is 56.1 Å². The number of rotatable bonds is 2. The van der Waals surface area contributed by atoms with Gasteiger partial charge in [-0.05, 0) is 54.9 Å². The lowest BCUT2D eigenvalue weighted by molar-refractivity contribution is 0.0661. The van der Waals surface area contributed by atoms with Gasteiger partial charge in [-0.3, -0.25) is 4.79 Å². The van der Waals surface area contributed by atoms with E-state index in [1.807, 2.05) is 6.07 Å². The first-order valence-corrected chi connectivity index (χ1v) is 8.96. The van der Waals surface area contributed by atoms with Crippen molar-refractivity contribution in [1.82, 2.24) is 10.2 Å². The van der Waals surface area contributed by atoms with Crippen LogP contribution in [0.1, 0.15) is 66.4 Å². The Morgan fingerprint density at radius 2 is 1.78 bits per heavy atom. The largest absolute Gasteiger partial charge is 0.335 e. The van der Waals surface area contributed by atoms with Crippen molar-refractivity contribution in [2.24, 2.45) is 5.92 Å². The van der Waals surface area contributed by atoms with Crippen LogP contribution in [0.15, 0.2) is 18.2 Å². The smallest absolute Gasteiger partial charge is 0.254 e. The minimum Gasteiger partial charge on any atom is -0.335 e. The van der Waals surface area contributed by atoms with Crippen LogP contribution in [0.2, 0.25) is 0 Å². The fourth-order valence-electron chi connectivity index (χ4n) is 4.65. The molecule has 4 heteroatoms. The molecule has 2 fully saturated rings. The van der Waals surface area contributed by atoms with Crippen molar-refractivity contribution in [1.29, 1.82) is 0 Å². The average molecular weight is 335 g/mol. The van der Waals surface area contributed by atoms with Gasteiger partial charge in [0, 0.05) is 31.2 Å². The highest BCUT2D eigenvalue weighted by molar-refractivity contribution is 5.95. The maximum atomic E-state index is 13.0. The molecule has 0 spiro atoms. The molecule has 3 aliphatic rings. The lowest BCUT2D eigenvalue weighted by Gasteiger charge is -2.34.